The SMILES string of the molecule is C/C=C(/NCCOP(=O)(O)OC)C1CCN(C)CC1. The number of nitrogens with zero attached hydrogens (tertiary/aromatic N) is 1. The van der Waals surface area contributed by atoms with Crippen LogP contribution in [0.4, 0.5) is 0 Å². The molecule has 0 bridgehead atoms. The second-order valence-electron chi connectivity index (χ2n) is 4.73. The minimum atomic E-state index is -3.85. The summed E-state index contributed by atoms with van der Waals surface area (Å²) < 4.78 is 20.2. The molecular formula is C12H25N2O4P. The zero-order valence-electron chi connectivity index (χ0n) is 12.0. The van der Waals surface area contributed by atoms with Crippen molar-refractivity contribution in [1.29, 1.82) is 0 Å². The minimum absolute atomic E-state index is 0.144. The van der Waals surface area contributed by atoms with E-state index >= 15 is 0 Å². The summed E-state index contributed by atoms with van der Waals surface area (Å²) in [5.41, 5.74) is 1.20. The molecule has 0 aromatic heterocycles. The molecule has 19 heavy (non-hydrogen) atoms. The first kappa shape index (κ1) is 16.7. The number of likely N-dealkylation sites (tertiary alicyclic amines) is 1. The lowest BCUT2D eigenvalue weighted by Gasteiger charge is -2.31. The van der Waals surface area contributed by atoms with E-state index in [2.05, 4.69) is 27.9 Å². The van der Waals surface area contributed by atoms with Crippen molar-refractivity contribution in [2.24, 2.45) is 5.92 Å². The summed E-state index contributed by atoms with van der Waals surface area (Å²) in [6.07, 6.45) is 4.35. The average molecular weight is 292 g/mol. The Hall–Kier alpha value is -0.390. The van der Waals surface area contributed by atoms with E-state index in [0.717, 1.165) is 33.0 Å². The molecule has 0 saturated carbocycles. The van der Waals surface area contributed by atoms with Crippen molar-refractivity contribution in [1.82, 2.24) is 10.2 Å². The molecule has 0 spiro atoms. The Morgan fingerprint density at radius 1 is 1.53 bits per heavy atom. The van der Waals surface area contributed by atoms with Crippen LogP contribution in [0.15, 0.2) is 11.8 Å². The second-order valence-corrected chi connectivity index (χ2v) is 6.29. The predicted octanol–water partition coefficient (Wildman–Crippen LogP) is 1.58. The van der Waals surface area contributed by atoms with Gasteiger partial charge in [0.2, 0.25) is 0 Å². The van der Waals surface area contributed by atoms with Gasteiger partial charge >= 0.3 is 7.82 Å². The fraction of sp³-hybridized carbons (Fsp3) is 0.833. The first-order valence-corrected chi connectivity index (χ1v) is 8.09. The van der Waals surface area contributed by atoms with E-state index in [1.165, 1.54) is 5.70 Å². The number of phosphoric ester groups is 1. The molecule has 1 atom stereocenters. The minimum Gasteiger partial charge on any atom is -0.386 e. The summed E-state index contributed by atoms with van der Waals surface area (Å²) in [6, 6.07) is 0. The van der Waals surface area contributed by atoms with E-state index in [-0.39, 0.29) is 6.61 Å². The topological polar surface area (TPSA) is 71.0 Å². The van der Waals surface area contributed by atoms with Crippen molar-refractivity contribution in [3.05, 3.63) is 11.8 Å². The van der Waals surface area contributed by atoms with Crippen LogP contribution in [0.25, 0.3) is 0 Å². The molecule has 6 nitrogen and oxygen atoms in total. The van der Waals surface area contributed by atoms with Gasteiger partial charge in [0.05, 0.1) is 6.61 Å². The second kappa shape index (κ2) is 8.02. The lowest BCUT2D eigenvalue weighted by Crippen LogP contribution is -2.34. The zero-order valence-corrected chi connectivity index (χ0v) is 12.9. The van der Waals surface area contributed by atoms with Crippen LogP contribution >= 0.6 is 7.82 Å². The maximum Gasteiger partial charge on any atom is 0.471 e. The summed E-state index contributed by atoms with van der Waals surface area (Å²) in [5.74, 6) is 0.546. The molecule has 1 heterocycles. The Kier molecular flexibility index (Phi) is 7.04. The van der Waals surface area contributed by atoms with Crippen molar-refractivity contribution < 1.29 is 18.5 Å². The molecule has 0 aromatic carbocycles. The van der Waals surface area contributed by atoms with E-state index in [4.69, 9.17) is 9.42 Å². The van der Waals surface area contributed by atoms with Gasteiger partial charge in [0.25, 0.3) is 0 Å². The molecule has 1 rings (SSSR count). The van der Waals surface area contributed by atoms with Gasteiger partial charge in [-0.2, -0.15) is 0 Å². The number of piperidine rings is 1. The summed E-state index contributed by atoms with van der Waals surface area (Å²) in [7, 11) is -0.556. The molecule has 2 N–H and O–H groups in total. The summed E-state index contributed by atoms with van der Waals surface area (Å²) in [5, 5.41) is 3.28. The third-order valence-electron chi connectivity index (χ3n) is 3.39. The highest BCUT2D eigenvalue weighted by Gasteiger charge is 2.20. The quantitative estimate of drug-likeness (QED) is 0.548. The molecule has 0 aromatic rings. The van der Waals surface area contributed by atoms with Crippen LogP contribution in [0.2, 0.25) is 0 Å². The van der Waals surface area contributed by atoms with E-state index in [1.807, 2.05) is 6.92 Å². The molecule has 112 valence electrons. The Morgan fingerprint density at radius 2 is 2.16 bits per heavy atom. The van der Waals surface area contributed by atoms with Crippen LogP contribution < -0.4 is 5.32 Å². The maximum atomic E-state index is 11.1. The van der Waals surface area contributed by atoms with Gasteiger partial charge in [-0.1, -0.05) is 6.08 Å². The van der Waals surface area contributed by atoms with Crippen LogP contribution in [0.5, 0.6) is 0 Å². The first-order chi connectivity index (χ1) is 8.98. The fourth-order valence-corrected chi connectivity index (χ4v) is 2.64. The molecule has 0 radical (unpaired) electrons. The summed E-state index contributed by atoms with van der Waals surface area (Å²) in [4.78, 5) is 11.4. The van der Waals surface area contributed by atoms with Crippen LogP contribution in [0.3, 0.4) is 0 Å². The molecule has 1 fully saturated rings. The molecule has 0 aliphatic carbocycles. The lowest BCUT2D eigenvalue weighted by atomic mass is 9.93. The Balaban J connectivity index is 2.28. The highest BCUT2D eigenvalue weighted by molar-refractivity contribution is 7.47. The van der Waals surface area contributed by atoms with Crippen LogP contribution in [-0.4, -0.2) is 50.2 Å². The Morgan fingerprint density at radius 3 is 2.68 bits per heavy atom. The van der Waals surface area contributed by atoms with Crippen LogP contribution in [0, 0.1) is 5.92 Å². The van der Waals surface area contributed by atoms with Crippen LogP contribution in [-0.2, 0) is 13.6 Å². The molecule has 1 saturated heterocycles. The van der Waals surface area contributed by atoms with Crippen molar-refractivity contribution in [3.63, 3.8) is 0 Å². The van der Waals surface area contributed by atoms with Crippen molar-refractivity contribution in [3.8, 4) is 0 Å². The third-order valence-corrected chi connectivity index (χ3v) is 4.36. The first-order valence-electron chi connectivity index (χ1n) is 6.60. The highest BCUT2D eigenvalue weighted by Crippen LogP contribution is 2.41. The third kappa shape index (κ3) is 6.06. The van der Waals surface area contributed by atoms with Gasteiger partial charge in [-0.15, -0.1) is 0 Å². The fourth-order valence-electron chi connectivity index (χ4n) is 2.21. The van der Waals surface area contributed by atoms with E-state index in [1.54, 1.807) is 0 Å². The van der Waals surface area contributed by atoms with Gasteiger partial charge < -0.3 is 15.1 Å². The van der Waals surface area contributed by atoms with Gasteiger partial charge in [-0.3, -0.25) is 9.05 Å². The molecule has 1 aliphatic rings. The normalized spacial score (nSPS) is 22.2. The van der Waals surface area contributed by atoms with Gasteiger partial charge in [-0.25, -0.2) is 4.57 Å². The number of phosphoric acid groups is 1. The standard InChI is InChI=1S/C12H25N2O4P/c1-4-12(11-5-8-14(2)9-6-11)13-7-10-18-19(15,16)17-3/h4,11,13H,5-10H2,1-3H3,(H,15,16)/b12-4+. The van der Waals surface area contributed by atoms with E-state index in [9.17, 15) is 4.57 Å². The monoisotopic (exact) mass is 292 g/mol. The molecule has 1 unspecified atom stereocenters. The molecular weight excluding hydrogens is 267 g/mol. The number of allylic oxidation sites excluding steroid dienone is 2. The van der Waals surface area contributed by atoms with Crippen molar-refractivity contribution in [2.45, 2.75) is 19.8 Å². The van der Waals surface area contributed by atoms with Crippen LogP contribution in [0.1, 0.15) is 19.8 Å². The number of rotatable bonds is 7. The number of nitrogens with one attached hydrogen (secondary N) is 1. The summed E-state index contributed by atoms with van der Waals surface area (Å²) >= 11 is 0. The average Bonchev–Trinajstić information content (AvgIpc) is 2.40. The Bertz CT molecular complexity index is 341. The van der Waals surface area contributed by atoms with E-state index < -0.39 is 7.82 Å². The lowest BCUT2D eigenvalue weighted by molar-refractivity contribution is 0.173. The largest absolute Gasteiger partial charge is 0.471 e. The smallest absolute Gasteiger partial charge is 0.386 e. The number of hydrogen-bond acceptors (Lipinski definition) is 5. The Labute approximate surface area is 115 Å². The van der Waals surface area contributed by atoms with Gasteiger partial charge in [0.15, 0.2) is 0 Å². The molecule has 0 amide bonds. The van der Waals surface area contributed by atoms with Gasteiger partial charge in [-0.05, 0) is 39.9 Å². The van der Waals surface area contributed by atoms with Gasteiger partial charge in [0.1, 0.15) is 0 Å². The highest BCUT2D eigenvalue weighted by atomic mass is 31.2. The summed E-state index contributed by atoms with van der Waals surface area (Å²) in [6.45, 7) is 4.87. The van der Waals surface area contributed by atoms with Crippen molar-refractivity contribution in [2.75, 3.05) is 40.4 Å². The molecule has 1 aliphatic heterocycles. The van der Waals surface area contributed by atoms with Gasteiger partial charge in [0, 0.05) is 25.3 Å². The van der Waals surface area contributed by atoms with E-state index in [0.29, 0.717) is 12.5 Å². The maximum absolute atomic E-state index is 11.1. The number of hydrogen-bond donors (Lipinski definition) is 2. The molecule has 7 heteroatoms. The zero-order chi connectivity index (χ0) is 14.3. The van der Waals surface area contributed by atoms with Crippen molar-refractivity contribution >= 4 is 7.82 Å². The predicted molar refractivity (Wildman–Crippen MR) is 74.8 cm³/mol.